The summed E-state index contributed by atoms with van der Waals surface area (Å²) in [5.74, 6) is 0. The Hall–Kier alpha value is -0.0100. The second-order valence-electron chi connectivity index (χ2n) is 11.3. The number of nitrogens with zero attached hydrogens (tertiary/aromatic N) is 1. The molecule has 1 aliphatic heterocycles. The predicted octanol–water partition coefficient (Wildman–Crippen LogP) is 7.65. The number of methoxy groups -OCH3 is 1. The van der Waals surface area contributed by atoms with Gasteiger partial charge in [0.2, 0.25) is 0 Å². The highest BCUT2D eigenvalue weighted by atomic mass is 31.2. The van der Waals surface area contributed by atoms with Crippen molar-refractivity contribution in [2.45, 2.75) is 129 Å². The van der Waals surface area contributed by atoms with Crippen LogP contribution in [0.25, 0.3) is 0 Å². The van der Waals surface area contributed by atoms with Crippen LogP contribution in [0.2, 0.25) is 0 Å². The van der Waals surface area contributed by atoms with Crippen LogP contribution in [-0.4, -0.2) is 75.7 Å². The monoisotopic (exact) mass is 550 g/mol. The van der Waals surface area contributed by atoms with Crippen LogP contribution in [0, 0.1) is 0 Å². The Morgan fingerprint density at radius 2 is 1.32 bits per heavy atom. The van der Waals surface area contributed by atoms with E-state index in [0.717, 1.165) is 30.5 Å². The van der Waals surface area contributed by atoms with Crippen LogP contribution in [0.15, 0.2) is 0 Å². The summed E-state index contributed by atoms with van der Waals surface area (Å²) in [6.07, 6.45) is 22.3. The topological polar surface area (TPSA) is 74.2 Å². The van der Waals surface area contributed by atoms with Gasteiger partial charge < -0.3 is 18.9 Å². The molecule has 0 aromatic heterocycles. The molecule has 0 aromatic carbocycles. The van der Waals surface area contributed by atoms with Gasteiger partial charge in [0.05, 0.1) is 32.8 Å². The van der Waals surface area contributed by atoms with Crippen molar-refractivity contribution in [1.29, 1.82) is 0 Å². The van der Waals surface area contributed by atoms with E-state index in [1.165, 1.54) is 103 Å². The van der Waals surface area contributed by atoms with Crippen LogP contribution in [0.3, 0.4) is 0 Å². The molecule has 7 nitrogen and oxygen atoms in total. The van der Waals surface area contributed by atoms with Crippen LogP contribution in [-0.2, 0) is 23.1 Å². The van der Waals surface area contributed by atoms with E-state index in [2.05, 4.69) is 14.0 Å². The van der Waals surface area contributed by atoms with Gasteiger partial charge >= 0.3 is 7.82 Å². The lowest BCUT2D eigenvalue weighted by Crippen LogP contribution is -2.49. The van der Waals surface area contributed by atoms with E-state index in [1.807, 2.05) is 0 Å². The molecule has 1 aliphatic rings. The molecule has 2 unspecified atom stereocenters. The van der Waals surface area contributed by atoms with E-state index in [1.54, 1.807) is 7.11 Å². The van der Waals surface area contributed by atoms with E-state index in [0.29, 0.717) is 19.6 Å². The first-order valence-electron chi connectivity index (χ1n) is 15.5. The molecule has 0 aromatic rings. The smallest absolute Gasteiger partial charge is 0.385 e. The standard InChI is InChI=1S/C29H60NO6P/c1-4-5-6-7-8-9-10-11-12-13-14-15-16-20-25-34-28-29(21-26-33-3)36-37(31,32)35-27-24-30(2)22-18-17-19-23-30/h29H,4-28H2,1-3H3/p+1. The zero-order chi connectivity index (χ0) is 27.1. The zero-order valence-electron chi connectivity index (χ0n) is 24.6. The Morgan fingerprint density at radius 1 is 0.784 bits per heavy atom. The van der Waals surface area contributed by atoms with Crippen LogP contribution >= 0.6 is 7.82 Å². The molecule has 0 radical (unpaired) electrons. The summed E-state index contributed by atoms with van der Waals surface area (Å²) < 4.78 is 35.1. The number of ether oxygens (including phenoxy) is 2. The molecular formula is C29H61NO6P+. The minimum Gasteiger partial charge on any atom is -0.385 e. The molecule has 1 N–H and O–H groups in total. The molecule has 0 amide bonds. The molecular weight excluding hydrogens is 489 g/mol. The maximum atomic E-state index is 12.5. The molecule has 1 fully saturated rings. The molecule has 2 atom stereocenters. The number of hydrogen-bond acceptors (Lipinski definition) is 5. The van der Waals surface area contributed by atoms with E-state index in [-0.39, 0.29) is 13.2 Å². The Bertz CT molecular complexity index is 559. The molecule has 8 heteroatoms. The first-order valence-corrected chi connectivity index (χ1v) is 17.0. The van der Waals surface area contributed by atoms with Crippen LogP contribution in [0.4, 0.5) is 0 Å². The fourth-order valence-corrected chi connectivity index (χ4v) is 6.04. The molecule has 0 aliphatic carbocycles. The van der Waals surface area contributed by atoms with Crippen molar-refractivity contribution in [3.05, 3.63) is 0 Å². The maximum Gasteiger partial charge on any atom is 0.472 e. The molecule has 1 heterocycles. The van der Waals surface area contributed by atoms with E-state index in [4.69, 9.17) is 18.5 Å². The largest absolute Gasteiger partial charge is 0.472 e. The number of likely N-dealkylation sites (N-methyl/N-ethyl adjacent to an activating group) is 1. The van der Waals surface area contributed by atoms with E-state index < -0.39 is 13.9 Å². The van der Waals surface area contributed by atoms with Crippen molar-refractivity contribution in [1.82, 2.24) is 0 Å². The number of quaternary nitrogens is 1. The van der Waals surface area contributed by atoms with Gasteiger partial charge in [0.15, 0.2) is 0 Å². The number of hydrogen-bond donors (Lipinski definition) is 1. The van der Waals surface area contributed by atoms with Crippen LogP contribution in [0.1, 0.15) is 122 Å². The van der Waals surface area contributed by atoms with Crippen molar-refractivity contribution in [2.75, 3.05) is 60.2 Å². The lowest BCUT2D eigenvalue weighted by atomic mass is 10.0. The fraction of sp³-hybridized carbons (Fsp3) is 1.00. The maximum absolute atomic E-state index is 12.5. The Morgan fingerprint density at radius 3 is 1.86 bits per heavy atom. The van der Waals surface area contributed by atoms with Crippen molar-refractivity contribution in [3.63, 3.8) is 0 Å². The third-order valence-electron chi connectivity index (χ3n) is 7.65. The Labute approximate surface area is 229 Å². The first kappa shape index (κ1) is 35.0. The summed E-state index contributed by atoms with van der Waals surface area (Å²) in [4.78, 5) is 10.2. The van der Waals surface area contributed by atoms with E-state index >= 15 is 0 Å². The number of unbranched alkanes of at least 4 members (excludes halogenated alkanes) is 13. The van der Waals surface area contributed by atoms with E-state index in [9.17, 15) is 9.46 Å². The molecule has 0 bridgehead atoms. The summed E-state index contributed by atoms with van der Waals surface area (Å²) in [5.41, 5.74) is 0. The molecule has 1 saturated heterocycles. The molecule has 1 rings (SSSR count). The zero-order valence-corrected chi connectivity index (χ0v) is 25.5. The van der Waals surface area contributed by atoms with Gasteiger partial charge in [-0.3, -0.25) is 9.05 Å². The summed E-state index contributed by atoms with van der Waals surface area (Å²) in [5, 5.41) is 0. The van der Waals surface area contributed by atoms with Gasteiger partial charge in [0.25, 0.3) is 0 Å². The van der Waals surface area contributed by atoms with Gasteiger partial charge in [0, 0.05) is 20.3 Å². The van der Waals surface area contributed by atoms with Gasteiger partial charge in [-0.05, 0) is 32.1 Å². The van der Waals surface area contributed by atoms with Gasteiger partial charge in [-0.2, -0.15) is 0 Å². The summed E-state index contributed by atoms with van der Waals surface area (Å²) in [7, 11) is -0.315. The van der Waals surface area contributed by atoms with Gasteiger partial charge in [0.1, 0.15) is 13.2 Å². The number of phosphoric acid groups is 1. The third-order valence-corrected chi connectivity index (χ3v) is 8.73. The lowest BCUT2D eigenvalue weighted by Gasteiger charge is -2.37. The summed E-state index contributed by atoms with van der Waals surface area (Å²) in [6, 6.07) is 0. The van der Waals surface area contributed by atoms with Crippen molar-refractivity contribution >= 4 is 7.82 Å². The molecule has 0 spiro atoms. The number of piperidine rings is 1. The fourth-order valence-electron chi connectivity index (χ4n) is 5.12. The Balaban J connectivity index is 2.06. The van der Waals surface area contributed by atoms with Crippen molar-refractivity contribution in [3.8, 4) is 0 Å². The summed E-state index contributed by atoms with van der Waals surface area (Å²) >= 11 is 0. The third kappa shape index (κ3) is 20.5. The van der Waals surface area contributed by atoms with Gasteiger partial charge in [-0.15, -0.1) is 0 Å². The highest BCUT2D eigenvalue weighted by Crippen LogP contribution is 2.45. The molecule has 37 heavy (non-hydrogen) atoms. The highest BCUT2D eigenvalue weighted by molar-refractivity contribution is 7.47. The average molecular weight is 551 g/mol. The predicted molar refractivity (Wildman–Crippen MR) is 153 cm³/mol. The normalized spacial score (nSPS) is 18.1. The van der Waals surface area contributed by atoms with Gasteiger partial charge in [-0.1, -0.05) is 90.4 Å². The van der Waals surface area contributed by atoms with Gasteiger partial charge in [-0.25, -0.2) is 4.57 Å². The lowest BCUT2D eigenvalue weighted by molar-refractivity contribution is -0.914. The van der Waals surface area contributed by atoms with Crippen molar-refractivity contribution < 1.29 is 32.5 Å². The number of likely N-dealkylation sites (tertiary alicyclic amines) is 1. The SMILES string of the molecule is CCCCCCCCCCCCCCCCOCC(CCOC)OP(=O)(O)OCC[N+]1(C)CCCCC1. The average Bonchev–Trinajstić information content (AvgIpc) is 2.87. The van der Waals surface area contributed by atoms with Crippen LogP contribution < -0.4 is 0 Å². The minimum absolute atomic E-state index is 0.223. The first-order chi connectivity index (χ1) is 17.9. The molecule has 222 valence electrons. The van der Waals surface area contributed by atoms with Crippen molar-refractivity contribution in [2.24, 2.45) is 0 Å². The number of rotatable bonds is 26. The molecule has 0 saturated carbocycles. The quantitative estimate of drug-likeness (QED) is 0.0677. The second kappa shape index (κ2) is 22.8. The highest BCUT2D eigenvalue weighted by Gasteiger charge is 2.30. The Kier molecular flexibility index (Phi) is 21.5. The van der Waals surface area contributed by atoms with Crippen LogP contribution in [0.5, 0.6) is 0 Å². The minimum atomic E-state index is -4.12. The summed E-state index contributed by atoms with van der Waals surface area (Å²) in [6.45, 7) is 6.80. The second-order valence-corrected chi connectivity index (χ2v) is 12.7. The number of phosphoric ester groups is 1.